The van der Waals surface area contributed by atoms with Crippen LogP contribution in [-0.2, 0) is 13.2 Å². The summed E-state index contributed by atoms with van der Waals surface area (Å²) in [6.07, 6.45) is -2.03. The normalized spacial score (nSPS) is 12.3. The Bertz CT molecular complexity index is 473. The van der Waals surface area contributed by atoms with E-state index in [1.165, 1.54) is 19.6 Å². The van der Waals surface area contributed by atoms with Gasteiger partial charge in [-0.2, -0.15) is 13.2 Å². The molecule has 0 aliphatic heterocycles. The smallest absolute Gasteiger partial charge is 0.308 e. The van der Waals surface area contributed by atoms with Crippen molar-refractivity contribution in [2.45, 2.75) is 6.18 Å². The number of imidazole rings is 1. The average molecular weight is 202 g/mol. The molecule has 0 N–H and O–H groups in total. The molecule has 0 atom stereocenters. The zero-order valence-electron chi connectivity index (χ0n) is 7.08. The number of fused-ring (bicyclic) bond motifs is 1. The van der Waals surface area contributed by atoms with Gasteiger partial charge >= 0.3 is 6.18 Å². The summed E-state index contributed by atoms with van der Waals surface area (Å²) in [4.78, 5) is 10.7. The van der Waals surface area contributed by atoms with Gasteiger partial charge in [0.25, 0.3) is 0 Å². The summed E-state index contributed by atoms with van der Waals surface area (Å²) < 4.78 is 38.0. The summed E-state index contributed by atoms with van der Waals surface area (Å²) in [6, 6.07) is 0. The van der Waals surface area contributed by atoms with Gasteiger partial charge in [-0.05, 0) is 0 Å². The van der Waals surface area contributed by atoms with Crippen molar-refractivity contribution in [1.82, 2.24) is 19.5 Å². The van der Waals surface area contributed by atoms with E-state index < -0.39 is 12.0 Å². The minimum atomic E-state index is -4.46. The number of nitrogens with zero attached hydrogens (tertiary/aromatic N) is 4. The van der Waals surface area contributed by atoms with Crippen molar-refractivity contribution in [1.29, 1.82) is 0 Å². The van der Waals surface area contributed by atoms with Crippen molar-refractivity contribution >= 4 is 11.2 Å². The second-order valence-corrected chi connectivity index (χ2v) is 2.72. The molecule has 0 amide bonds. The molecule has 0 saturated carbocycles. The summed E-state index contributed by atoms with van der Waals surface area (Å²) >= 11 is 0. The topological polar surface area (TPSA) is 43.6 Å². The van der Waals surface area contributed by atoms with Gasteiger partial charge in [-0.3, -0.25) is 0 Å². The highest BCUT2D eigenvalue weighted by molar-refractivity contribution is 5.69. The van der Waals surface area contributed by atoms with Crippen LogP contribution >= 0.6 is 0 Å². The first kappa shape index (κ1) is 8.92. The molecule has 0 fully saturated rings. The number of halogens is 3. The van der Waals surface area contributed by atoms with E-state index in [0.717, 1.165) is 4.57 Å². The zero-order chi connectivity index (χ0) is 10.3. The molecular weight excluding hydrogens is 197 g/mol. The van der Waals surface area contributed by atoms with Crippen LogP contribution in [0.1, 0.15) is 5.82 Å². The summed E-state index contributed by atoms with van der Waals surface area (Å²) in [6.45, 7) is 0. The molecule has 0 aliphatic carbocycles. The van der Waals surface area contributed by atoms with Crippen molar-refractivity contribution in [2.75, 3.05) is 0 Å². The third-order valence-corrected chi connectivity index (χ3v) is 1.79. The van der Waals surface area contributed by atoms with Gasteiger partial charge in [-0.15, -0.1) is 0 Å². The Morgan fingerprint density at radius 2 is 2.07 bits per heavy atom. The number of aryl methyl sites for hydroxylation is 1. The first-order chi connectivity index (χ1) is 6.50. The van der Waals surface area contributed by atoms with E-state index in [1.54, 1.807) is 0 Å². The van der Waals surface area contributed by atoms with Gasteiger partial charge in [0.15, 0.2) is 5.65 Å². The summed E-state index contributed by atoms with van der Waals surface area (Å²) in [5.41, 5.74) is 0.314. The van der Waals surface area contributed by atoms with Crippen molar-refractivity contribution in [3.8, 4) is 0 Å². The Morgan fingerprint density at radius 3 is 2.64 bits per heavy atom. The molecule has 0 bridgehead atoms. The van der Waals surface area contributed by atoms with Crippen LogP contribution in [0, 0.1) is 0 Å². The Kier molecular flexibility index (Phi) is 1.70. The van der Waals surface area contributed by atoms with Crippen molar-refractivity contribution in [2.24, 2.45) is 7.05 Å². The van der Waals surface area contributed by atoms with E-state index in [0.29, 0.717) is 0 Å². The first-order valence-electron chi connectivity index (χ1n) is 3.70. The lowest BCUT2D eigenvalue weighted by Gasteiger charge is -2.04. The third-order valence-electron chi connectivity index (χ3n) is 1.79. The zero-order valence-corrected chi connectivity index (χ0v) is 7.08. The standard InChI is InChI=1S/C7H5F3N4/c1-14-5-4(2-11-3-12-5)13-6(14)7(8,9)10/h2-3H,1H3. The Balaban J connectivity index is 2.75. The molecule has 0 unspecified atom stereocenters. The number of aromatic nitrogens is 4. The lowest BCUT2D eigenvalue weighted by Crippen LogP contribution is -2.12. The SMILES string of the molecule is Cn1c(C(F)(F)F)nc2cncnc21. The van der Waals surface area contributed by atoms with Gasteiger partial charge in [0.1, 0.15) is 11.8 Å². The predicted octanol–water partition coefficient (Wildman–Crippen LogP) is 1.38. The van der Waals surface area contributed by atoms with Crippen LogP contribution in [0.3, 0.4) is 0 Å². The molecule has 0 radical (unpaired) electrons. The van der Waals surface area contributed by atoms with E-state index in [2.05, 4.69) is 15.0 Å². The summed E-state index contributed by atoms with van der Waals surface area (Å²) in [7, 11) is 1.27. The Labute approximate surface area is 76.4 Å². The first-order valence-corrected chi connectivity index (χ1v) is 3.70. The number of hydrogen-bond donors (Lipinski definition) is 0. The van der Waals surface area contributed by atoms with E-state index in [-0.39, 0.29) is 11.2 Å². The van der Waals surface area contributed by atoms with E-state index in [1.807, 2.05) is 0 Å². The van der Waals surface area contributed by atoms with Crippen molar-refractivity contribution < 1.29 is 13.2 Å². The Hall–Kier alpha value is -1.66. The van der Waals surface area contributed by atoms with Crippen LogP contribution in [0.2, 0.25) is 0 Å². The molecule has 0 aliphatic rings. The monoisotopic (exact) mass is 202 g/mol. The van der Waals surface area contributed by atoms with Gasteiger partial charge in [0.2, 0.25) is 5.82 Å². The van der Waals surface area contributed by atoms with Gasteiger partial charge < -0.3 is 4.57 Å². The molecule has 74 valence electrons. The molecule has 2 aromatic rings. The molecule has 14 heavy (non-hydrogen) atoms. The molecular formula is C7H5F3N4. The van der Waals surface area contributed by atoms with Gasteiger partial charge in [0.05, 0.1) is 6.20 Å². The minimum Gasteiger partial charge on any atom is -0.308 e. The molecule has 2 rings (SSSR count). The highest BCUT2D eigenvalue weighted by atomic mass is 19.4. The van der Waals surface area contributed by atoms with Crippen LogP contribution in [0.5, 0.6) is 0 Å². The summed E-state index contributed by atoms with van der Waals surface area (Å²) in [5, 5.41) is 0. The van der Waals surface area contributed by atoms with Gasteiger partial charge in [-0.1, -0.05) is 0 Å². The lowest BCUT2D eigenvalue weighted by molar-refractivity contribution is -0.146. The highest BCUT2D eigenvalue weighted by Crippen LogP contribution is 2.29. The summed E-state index contributed by atoms with van der Waals surface area (Å²) in [5.74, 6) is -0.965. The second kappa shape index (κ2) is 2.66. The Morgan fingerprint density at radius 1 is 1.36 bits per heavy atom. The number of rotatable bonds is 0. The fourth-order valence-electron chi connectivity index (χ4n) is 1.20. The van der Waals surface area contributed by atoms with Crippen LogP contribution in [0.4, 0.5) is 13.2 Å². The maximum Gasteiger partial charge on any atom is 0.449 e. The predicted molar refractivity (Wildman–Crippen MR) is 41.3 cm³/mol. The molecule has 4 nitrogen and oxygen atoms in total. The van der Waals surface area contributed by atoms with E-state index in [4.69, 9.17) is 0 Å². The maximum absolute atomic E-state index is 12.4. The highest BCUT2D eigenvalue weighted by Gasteiger charge is 2.36. The minimum absolute atomic E-state index is 0.141. The fourth-order valence-corrected chi connectivity index (χ4v) is 1.20. The molecule has 0 aromatic carbocycles. The quantitative estimate of drug-likeness (QED) is 0.648. The van der Waals surface area contributed by atoms with Crippen molar-refractivity contribution in [3.05, 3.63) is 18.3 Å². The molecule has 7 heteroatoms. The van der Waals surface area contributed by atoms with Crippen LogP contribution in [0.15, 0.2) is 12.5 Å². The van der Waals surface area contributed by atoms with E-state index >= 15 is 0 Å². The number of hydrogen-bond acceptors (Lipinski definition) is 3. The van der Waals surface area contributed by atoms with Crippen LogP contribution < -0.4 is 0 Å². The van der Waals surface area contributed by atoms with Gasteiger partial charge in [0, 0.05) is 7.05 Å². The fraction of sp³-hybridized carbons (Fsp3) is 0.286. The lowest BCUT2D eigenvalue weighted by atomic mass is 10.6. The van der Waals surface area contributed by atoms with Crippen LogP contribution in [0.25, 0.3) is 11.2 Å². The molecule has 0 spiro atoms. The van der Waals surface area contributed by atoms with Gasteiger partial charge in [-0.25, -0.2) is 15.0 Å². The third kappa shape index (κ3) is 1.21. The second-order valence-electron chi connectivity index (χ2n) is 2.72. The number of alkyl halides is 3. The molecule has 2 heterocycles. The molecule has 2 aromatic heterocycles. The van der Waals surface area contributed by atoms with Crippen LogP contribution in [-0.4, -0.2) is 19.5 Å². The van der Waals surface area contributed by atoms with Crippen molar-refractivity contribution in [3.63, 3.8) is 0 Å². The largest absolute Gasteiger partial charge is 0.449 e. The molecule has 0 saturated heterocycles. The maximum atomic E-state index is 12.4. The average Bonchev–Trinajstić information content (AvgIpc) is 2.44. The van der Waals surface area contributed by atoms with E-state index in [9.17, 15) is 13.2 Å².